The Morgan fingerprint density at radius 2 is 1.74 bits per heavy atom. The maximum atomic E-state index is 12.7. The van der Waals surface area contributed by atoms with Crippen molar-refractivity contribution in [1.82, 2.24) is 14.5 Å². The predicted octanol–water partition coefficient (Wildman–Crippen LogP) is 4.09. The molecule has 4 aromatic rings. The molecular formula is C25H21N5O. The molecule has 152 valence electrons. The number of aromatic nitrogens is 3. The summed E-state index contributed by atoms with van der Waals surface area (Å²) in [5.74, 6) is 0.109. The second-order valence-electron chi connectivity index (χ2n) is 7.45. The van der Waals surface area contributed by atoms with Gasteiger partial charge < -0.3 is 10.3 Å². The van der Waals surface area contributed by atoms with Gasteiger partial charge in [0.05, 0.1) is 29.6 Å². The molecule has 6 nitrogen and oxygen atoms in total. The van der Waals surface area contributed by atoms with Gasteiger partial charge >= 0.3 is 0 Å². The van der Waals surface area contributed by atoms with Gasteiger partial charge in [-0.15, -0.1) is 0 Å². The summed E-state index contributed by atoms with van der Waals surface area (Å²) in [5, 5.41) is 9.31. The van der Waals surface area contributed by atoms with Crippen molar-refractivity contribution < 1.29 is 0 Å². The molecule has 4 rings (SSSR count). The number of anilines is 1. The maximum Gasteiger partial charge on any atom is 0.251 e. The van der Waals surface area contributed by atoms with Gasteiger partial charge in [0.25, 0.3) is 5.56 Å². The van der Waals surface area contributed by atoms with Crippen LogP contribution >= 0.6 is 0 Å². The molecule has 0 saturated carbocycles. The number of nitrogen functional groups attached to an aromatic ring is 1. The molecule has 0 atom stereocenters. The monoisotopic (exact) mass is 407 g/mol. The summed E-state index contributed by atoms with van der Waals surface area (Å²) in [6.45, 7) is 4.40. The maximum absolute atomic E-state index is 12.7. The number of rotatable bonds is 4. The zero-order chi connectivity index (χ0) is 22.0. The molecule has 0 aliphatic heterocycles. The molecule has 0 spiro atoms. The summed E-state index contributed by atoms with van der Waals surface area (Å²) in [5.41, 5.74) is 12.1. The lowest BCUT2D eigenvalue weighted by Gasteiger charge is -2.11. The first kappa shape index (κ1) is 20.0. The van der Waals surface area contributed by atoms with E-state index in [0.717, 1.165) is 16.7 Å². The van der Waals surface area contributed by atoms with Crippen LogP contribution in [0.5, 0.6) is 0 Å². The molecule has 31 heavy (non-hydrogen) atoms. The number of aryl methyl sites for hydroxylation is 1. The van der Waals surface area contributed by atoms with E-state index in [2.05, 4.69) is 16.0 Å². The minimum absolute atomic E-state index is 0.109. The second kappa shape index (κ2) is 8.25. The van der Waals surface area contributed by atoms with Gasteiger partial charge in [-0.1, -0.05) is 42.0 Å². The summed E-state index contributed by atoms with van der Waals surface area (Å²) in [6.07, 6.45) is 1.76. The third-order valence-corrected chi connectivity index (χ3v) is 5.24. The van der Waals surface area contributed by atoms with Crippen LogP contribution in [-0.4, -0.2) is 14.5 Å². The lowest BCUT2D eigenvalue weighted by molar-refractivity contribution is 0.760. The Hall–Kier alpha value is -4.24. The normalized spacial score (nSPS) is 10.6. The van der Waals surface area contributed by atoms with E-state index in [4.69, 9.17) is 5.73 Å². The first-order valence-electron chi connectivity index (χ1n) is 9.85. The van der Waals surface area contributed by atoms with E-state index in [0.29, 0.717) is 29.1 Å². The predicted molar refractivity (Wildman–Crippen MR) is 121 cm³/mol. The number of nitriles is 1. The van der Waals surface area contributed by atoms with Crippen LogP contribution in [0, 0.1) is 25.2 Å². The second-order valence-corrected chi connectivity index (χ2v) is 7.45. The first-order valence-corrected chi connectivity index (χ1v) is 9.85. The van der Waals surface area contributed by atoms with Crippen molar-refractivity contribution >= 4 is 5.95 Å². The van der Waals surface area contributed by atoms with Crippen LogP contribution in [0.15, 0.2) is 71.7 Å². The van der Waals surface area contributed by atoms with Crippen LogP contribution < -0.4 is 11.3 Å². The Morgan fingerprint density at radius 1 is 1.00 bits per heavy atom. The first-order chi connectivity index (χ1) is 14.9. The van der Waals surface area contributed by atoms with Gasteiger partial charge in [-0.3, -0.25) is 4.79 Å². The van der Waals surface area contributed by atoms with Gasteiger partial charge in [0.15, 0.2) is 0 Å². The van der Waals surface area contributed by atoms with Crippen LogP contribution in [0.4, 0.5) is 5.95 Å². The highest BCUT2D eigenvalue weighted by atomic mass is 16.1. The quantitative estimate of drug-likeness (QED) is 0.549. The third-order valence-electron chi connectivity index (χ3n) is 5.24. The van der Waals surface area contributed by atoms with E-state index < -0.39 is 0 Å². The largest absolute Gasteiger partial charge is 0.368 e. The fourth-order valence-electron chi connectivity index (χ4n) is 3.47. The molecule has 2 aromatic heterocycles. The SMILES string of the molecule is Cc1ccc(Cn2ccc(-c3cc(-c4cccc(C#N)c4C)nc(N)n3)cc2=O)cc1. The van der Waals surface area contributed by atoms with Gasteiger partial charge in [-0.25, -0.2) is 9.97 Å². The Morgan fingerprint density at radius 3 is 2.45 bits per heavy atom. The van der Waals surface area contributed by atoms with E-state index in [9.17, 15) is 10.1 Å². The number of nitrogens with zero attached hydrogens (tertiary/aromatic N) is 4. The van der Waals surface area contributed by atoms with Gasteiger partial charge in [-0.05, 0) is 43.2 Å². The van der Waals surface area contributed by atoms with Crippen molar-refractivity contribution in [1.29, 1.82) is 5.26 Å². The van der Waals surface area contributed by atoms with Crippen molar-refractivity contribution in [3.05, 3.63) is 99.5 Å². The van der Waals surface area contributed by atoms with E-state index in [-0.39, 0.29) is 11.5 Å². The molecule has 0 bridgehead atoms. The molecule has 0 amide bonds. The Kier molecular flexibility index (Phi) is 5.33. The lowest BCUT2D eigenvalue weighted by atomic mass is 9.99. The number of pyridine rings is 1. The number of hydrogen-bond donors (Lipinski definition) is 1. The van der Waals surface area contributed by atoms with Gasteiger partial charge in [0.1, 0.15) is 0 Å². The molecular weight excluding hydrogens is 386 g/mol. The highest BCUT2D eigenvalue weighted by molar-refractivity contribution is 5.72. The van der Waals surface area contributed by atoms with Crippen LogP contribution in [0.1, 0.15) is 22.3 Å². The number of nitrogens with two attached hydrogens (primary N) is 1. The topological polar surface area (TPSA) is 97.6 Å². The molecule has 0 unspecified atom stereocenters. The van der Waals surface area contributed by atoms with Crippen molar-refractivity contribution in [3.63, 3.8) is 0 Å². The fraction of sp³-hybridized carbons (Fsp3) is 0.120. The fourth-order valence-corrected chi connectivity index (χ4v) is 3.47. The third kappa shape index (κ3) is 4.21. The summed E-state index contributed by atoms with van der Waals surface area (Å²) in [6, 6.07) is 20.9. The zero-order valence-electron chi connectivity index (χ0n) is 17.3. The highest BCUT2D eigenvalue weighted by Gasteiger charge is 2.12. The van der Waals surface area contributed by atoms with E-state index in [1.807, 2.05) is 56.3 Å². The summed E-state index contributed by atoms with van der Waals surface area (Å²) in [7, 11) is 0. The highest BCUT2D eigenvalue weighted by Crippen LogP contribution is 2.27. The van der Waals surface area contributed by atoms with Crippen molar-refractivity contribution in [2.24, 2.45) is 0 Å². The van der Waals surface area contributed by atoms with Crippen molar-refractivity contribution in [2.45, 2.75) is 20.4 Å². The van der Waals surface area contributed by atoms with E-state index in [1.54, 1.807) is 29.0 Å². The molecule has 0 aliphatic carbocycles. The minimum atomic E-state index is -0.125. The smallest absolute Gasteiger partial charge is 0.251 e. The van der Waals surface area contributed by atoms with Gasteiger partial charge in [-0.2, -0.15) is 5.26 Å². The average Bonchev–Trinajstić information content (AvgIpc) is 2.76. The van der Waals surface area contributed by atoms with Crippen LogP contribution in [0.2, 0.25) is 0 Å². The molecule has 0 saturated heterocycles. The molecule has 2 aromatic carbocycles. The van der Waals surface area contributed by atoms with Crippen molar-refractivity contribution in [3.8, 4) is 28.6 Å². The molecule has 6 heteroatoms. The molecule has 2 heterocycles. The minimum Gasteiger partial charge on any atom is -0.368 e. The Balaban J connectivity index is 1.70. The Labute approximate surface area is 180 Å². The van der Waals surface area contributed by atoms with Gasteiger partial charge in [0, 0.05) is 23.4 Å². The molecule has 0 aliphatic rings. The summed E-state index contributed by atoms with van der Waals surface area (Å²) < 4.78 is 1.65. The number of hydrogen-bond acceptors (Lipinski definition) is 5. The van der Waals surface area contributed by atoms with Crippen LogP contribution in [-0.2, 0) is 6.54 Å². The lowest BCUT2D eigenvalue weighted by Crippen LogP contribution is -2.19. The molecule has 2 N–H and O–H groups in total. The standard InChI is InChI=1S/C25H21N5O/c1-16-6-8-18(9-7-16)15-30-11-10-19(12-24(30)31)22-13-23(29-25(27)28-22)21-5-3-4-20(14-26)17(21)2/h3-13H,15H2,1-2H3,(H2,27,28,29). The molecule has 0 fully saturated rings. The number of benzene rings is 2. The van der Waals surface area contributed by atoms with Gasteiger partial charge in [0.2, 0.25) is 5.95 Å². The van der Waals surface area contributed by atoms with E-state index in [1.165, 1.54) is 5.56 Å². The zero-order valence-corrected chi connectivity index (χ0v) is 17.3. The van der Waals surface area contributed by atoms with Crippen molar-refractivity contribution in [2.75, 3.05) is 5.73 Å². The van der Waals surface area contributed by atoms with E-state index >= 15 is 0 Å². The summed E-state index contributed by atoms with van der Waals surface area (Å²) in [4.78, 5) is 21.4. The summed E-state index contributed by atoms with van der Waals surface area (Å²) >= 11 is 0. The Bertz CT molecular complexity index is 1360. The van der Waals surface area contributed by atoms with Crippen LogP contribution in [0.3, 0.4) is 0 Å². The average molecular weight is 407 g/mol. The molecule has 0 radical (unpaired) electrons. The van der Waals surface area contributed by atoms with Crippen LogP contribution in [0.25, 0.3) is 22.5 Å².